The highest BCUT2D eigenvalue weighted by molar-refractivity contribution is 7.22. The second-order valence-electron chi connectivity index (χ2n) is 7.35. The topological polar surface area (TPSA) is 67.2 Å². The Morgan fingerprint density at radius 1 is 1.04 bits per heavy atom. The van der Waals surface area contributed by atoms with Gasteiger partial charge in [-0.15, -0.1) is 10.2 Å². The first-order valence-corrected chi connectivity index (χ1v) is 10.3. The van der Waals surface area contributed by atoms with Crippen LogP contribution in [0.5, 0.6) is 0 Å². The first-order chi connectivity index (χ1) is 13.1. The third-order valence-electron chi connectivity index (χ3n) is 5.57. The van der Waals surface area contributed by atoms with E-state index in [4.69, 9.17) is 4.98 Å². The molecule has 3 aromatic rings. The Morgan fingerprint density at radius 2 is 1.81 bits per heavy atom. The Morgan fingerprint density at radius 3 is 2.59 bits per heavy atom. The lowest BCUT2D eigenvalue weighted by molar-refractivity contribution is 0.0729. The SMILES string of the molecule is Cc1ccc(C)c2sc(N3CCN(C(=O)c4nnc5n4CCC5)CC3)nc12. The molecular weight excluding hydrogens is 360 g/mol. The molecule has 140 valence electrons. The van der Waals surface area contributed by atoms with Gasteiger partial charge in [0, 0.05) is 39.1 Å². The van der Waals surface area contributed by atoms with E-state index in [1.54, 1.807) is 11.3 Å². The summed E-state index contributed by atoms with van der Waals surface area (Å²) in [4.78, 5) is 21.9. The summed E-state index contributed by atoms with van der Waals surface area (Å²) in [6.45, 7) is 8.07. The average molecular weight is 382 g/mol. The summed E-state index contributed by atoms with van der Waals surface area (Å²) < 4.78 is 3.25. The van der Waals surface area contributed by atoms with Crippen LogP contribution in [0.3, 0.4) is 0 Å². The van der Waals surface area contributed by atoms with Crippen molar-refractivity contribution in [1.29, 1.82) is 0 Å². The van der Waals surface area contributed by atoms with E-state index < -0.39 is 0 Å². The predicted octanol–water partition coefficient (Wildman–Crippen LogP) is 2.41. The lowest BCUT2D eigenvalue weighted by atomic mass is 10.1. The molecule has 0 spiro atoms. The minimum atomic E-state index is 0.00582. The number of anilines is 1. The summed E-state index contributed by atoms with van der Waals surface area (Å²) in [7, 11) is 0. The molecule has 2 aliphatic heterocycles. The molecule has 0 unspecified atom stereocenters. The van der Waals surface area contributed by atoms with Gasteiger partial charge in [-0.25, -0.2) is 4.98 Å². The van der Waals surface area contributed by atoms with Crippen LogP contribution in [0.4, 0.5) is 5.13 Å². The van der Waals surface area contributed by atoms with Crippen LogP contribution < -0.4 is 4.90 Å². The van der Waals surface area contributed by atoms with Crippen molar-refractivity contribution in [3.63, 3.8) is 0 Å². The fraction of sp³-hybridized carbons (Fsp3) is 0.474. The molecule has 0 bridgehead atoms. The van der Waals surface area contributed by atoms with Gasteiger partial charge < -0.3 is 14.4 Å². The number of hydrogen-bond acceptors (Lipinski definition) is 6. The zero-order chi connectivity index (χ0) is 18.5. The number of carbonyl (C=O) groups is 1. The molecule has 1 aromatic carbocycles. The van der Waals surface area contributed by atoms with Gasteiger partial charge >= 0.3 is 0 Å². The number of benzene rings is 1. The molecule has 1 amide bonds. The third kappa shape index (κ3) is 2.70. The van der Waals surface area contributed by atoms with Crippen molar-refractivity contribution in [2.24, 2.45) is 0 Å². The molecule has 0 aliphatic carbocycles. The van der Waals surface area contributed by atoms with Crippen LogP contribution in [0, 0.1) is 13.8 Å². The van der Waals surface area contributed by atoms with Crippen LogP contribution in [0.2, 0.25) is 0 Å². The Labute approximate surface area is 161 Å². The second kappa shape index (κ2) is 6.30. The van der Waals surface area contributed by atoms with E-state index in [0.29, 0.717) is 18.9 Å². The van der Waals surface area contributed by atoms with Gasteiger partial charge in [-0.1, -0.05) is 23.5 Å². The van der Waals surface area contributed by atoms with Gasteiger partial charge in [0.25, 0.3) is 5.91 Å². The van der Waals surface area contributed by atoms with E-state index in [-0.39, 0.29) is 5.91 Å². The maximum absolute atomic E-state index is 12.9. The molecule has 7 nitrogen and oxygen atoms in total. The van der Waals surface area contributed by atoms with Gasteiger partial charge in [0.1, 0.15) is 5.82 Å². The number of nitrogens with zero attached hydrogens (tertiary/aromatic N) is 6. The fourth-order valence-corrected chi connectivity index (χ4v) is 5.10. The average Bonchev–Trinajstić information content (AvgIpc) is 3.39. The van der Waals surface area contributed by atoms with Gasteiger partial charge in [0.05, 0.1) is 10.2 Å². The maximum atomic E-state index is 12.9. The summed E-state index contributed by atoms with van der Waals surface area (Å²) >= 11 is 1.75. The van der Waals surface area contributed by atoms with Crippen LogP contribution in [-0.2, 0) is 13.0 Å². The van der Waals surface area contributed by atoms with E-state index in [9.17, 15) is 4.79 Å². The molecule has 1 fully saturated rings. The molecule has 8 heteroatoms. The summed E-state index contributed by atoms with van der Waals surface area (Å²) in [5, 5.41) is 9.35. The van der Waals surface area contributed by atoms with E-state index in [1.165, 1.54) is 15.8 Å². The minimum Gasteiger partial charge on any atom is -0.345 e. The standard InChI is InChI=1S/C19H22N6OS/c1-12-5-6-13(2)16-15(12)20-19(27-16)24-10-8-23(9-11-24)18(26)17-22-21-14-4-3-7-25(14)17/h5-6H,3-4,7-11H2,1-2H3. The van der Waals surface area contributed by atoms with Crippen molar-refractivity contribution >= 4 is 32.6 Å². The number of rotatable bonds is 2. The molecule has 4 heterocycles. The van der Waals surface area contributed by atoms with E-state index in [2.05, 4.69) is 41.1 Å². The second-order valence-corrected chi connectivity index (χ2v) is 8.33. The molecular formula is C19H22N6OS. The number of piperazine rings is 1. The number of amides is 1. The molecule has 0 radical (unpaired) electrons. The van der Waals surface area contributed by atoms with Crippen molar-refractivity contribution in [2.45, 2.75) is 33.2 Å². The molecule has 1 saturated heterocycles. The number of hydrogen-bond donors (Lipinski definition) is 0. The smallest absolute Gasteiger partial charge is 0.291 e. The minimum absolute atomic E-state index is 0.00582. The quantitative estimate of drug-likeness (QED) is 0.681. The first-order valence-electron chi connectivity index (χ1n) is 9.45. The lowest BCUT2D eigenvalue weighted by Gasteiger charge is -2.34. The predicted molar refractivity (Wildman–Crippen MR) is 106 cm³/mol. The van der Waals surface area contributed by atoms with E-state index in [1.807, 2.05) is 9.47 Å². The largest absolute Gasteiger partial charge is 0.345 e. The molecule has 0 atom stereocenters. The highest BCUT2D eigenvalue weighted by Crippen LogP contribution is 2.33. The fourth-order valence-electron chi connectivity index (χ4n) is 3.93. The Hall–Kier alpha value is -2.48. The van der Waals surface area contributed by atoms with Crippen molar-refractivity contribution in [1.82, 2.24) is 24.6 Å². The van der Waals surface area contributed by atoms with Crippen LogP contribution in [0.1, 0.15) is 34.0 Å². The van der Waals surface area contributed by atoms with Crippen molar-refractivity contribution in [3.8, 4) is 0 Å². The zero-order valence-electron chi connectivity index (χ0n) is 15.6. The zero-order valence-corrected chi connectivity index (χ0v) is 16.4. The molecule has 5 rings (SSSR count). The Kier molecular flexibility index (Phi) is 3.89. The van der Waals surface area contributed by atoms with Gasteiger partial charge in [-0.3, -0.25) is 4.79 Å². The van der Waals surface area contributed by atoms with Crippen LogP contribution in [0.15, 0.2) is 12.1 Å². The van der Waals surface area contributed by atoms with Gasteiger partial charge in [0.2, 0.25) is 5.82 Å². The lowest BCUT2D eigenvalue weighted by Crippen LogP contribution is -2.49. The molecule has 2 aromatic heterocycles. The van der Waals surface area contributed by atoms with Gasteiger partial charge in [-0.2, -0.15) is 0 Å². The summed E-state index contributed by atoms with van der Waals surface area (Å²) in [5.74, 6) is 1.45. The Balaban J connectivity index is 1.32. The number of aromatic nitrogens is 4. The highest BCUT2D eigenvalue weighted by Gasteiger charge is 2.29. The van der Waals surface area contributed by atoms with E-state index in [0.717, 1.165) is 48.9 Å². The van der Waals surface area contributed by atoms with E-state index >= 15 is 0 Å². The molecule has 27 heavy (non-hydrogen) atoms. The number of fused-ring (bicyclic) bond motifs is 2. The van der Waals surface area contributed by atoms with Gasteiger partial charge in [-0.05, 0) is 31.4 Å². The molecule has 0 N–H and O–H groups in total. The molecule has 0 saturated carbocycles. The monoisotopic (exact) mass is 382 g/mol. The highest BCUT2D eigenvalue weighted by atomic mass is 32.1. The summed E-state index contributed by atoms with van der Waals surface area (Å²) in [6.07, 6.45) is 1.97. The van der Waals surface area contributed by atoms with Crippen molar-refractivity contribution in [3.05, 3.63) is 34.9 Å². The van der Waals surface area contributed by atoms with Gasteiger partial charge in [0.15, 0.2) is 5.13 Å². The van der Waals surface area contributed by atoms with Crippen LogP contribution >= 0.6 is 11.3 Å². The van der Waals surface area contributed by atoms with Crippen LogP contribution in [0.25, 0.3) is 10.2 Å². The summed E-state index contributed by atoms with van der Waals surface area (Å²) in [5.41, 5.74) is 3.59. The molecule has 2 aliphatic rings. The van der Waals surface area contributed by atoms with Crippen molar-refractivity contribution in [2.75, 3.05) is 31.1 Å². The number of carbonyl (C=O) groups excluding carboxylic acids is 1. The summed E-state index contributed by atoms with van der Waals surface area (Å²) in [6, 6.07) is 4.29. The normalized spacial score (nSPS) is 17.0. The number of aryl methyl sites for hydroxylation is 3. The maximum Gasteiger partial charge on any atom is 0.291 e. The number of thiazole rings is 1. The third-order valence-corrected chi connectivity index (χ3v) is 6.82. The first kappa shape index (κ1) is 16.7. The Bertz CT molecular complexity index is 991. The van der Waals surface area contributed by atoms with Crippen LogP contribution in [-0.4, -0.2) is 56.7 Å². The van der Waals surface area contributed by atoms with Crippen molar-refractivity contribution < 1.29 is 4.79 Å².